The molecule has 6 heteroatoms. The van der Waals surface area contributed by atoms with Crippen molar-refractivity contribution in [2.45, 2.75) is 23.1 Å². The molecule has 2 heterocycles. The number of rotatable bonds is 7. The quantitative estimate of drug-likeness (QED) is 0.511. The van der Waals surface area contributed by atoms with Crippen molar-refractivity contribution >= 4 is 28.8 Å². The number of hydrogen-bond acceptors (Lipinski definition) is 6. The van der Waals surface area contributed by atoms with Crippen LogP contribution in [0.15, 0.2) is 76.5 Å². The van der Waals surface area contributed by atoms with Gasteiger partial charge in [0.1, 0.15) is 11.5 Å². The minimum atomic E-state index is 0.351. The summed E-state index contributed by atoms with van der Waals surface area (Å²) in [4.78, 5) is 9.54. The van der Waals surface area contributed by atoms with Crippen molar-refractivity contribution in [2.75, 3.05) is 49.3 Å². The molecule has 0 aliphatic carbocycles. The predicted octanol–water partition coefficient (Wildman–Crippen LogP) is 5.56. The van der Waals surface area contributed by atoms with Gasteiger partial charge in [-0.15, -0.1) is 0 Å². The summed E-state index contributed by atoms with van der Waals surface area (Å²) < 4.78 is 5.83. The Balaban J connectivity index is 1.25. The lowest BCUT2D eigenvalue weighted by atomic mass is 10.2. The fourth-order valence-corrected chi connectivity index (χ4v) is 5.70. The molecule has 5 nitrogen and oxygen atoms in total. The molecule has 0 amide bonds. The van der Waals surface area contributed by atoms with Gasteiger partial charge in [-0.05, 0) is 49.7 Å². The van der Waals surface area contributed by atoms with E-state index in [-0.39, 0.29) is 0 Å². The van der Waals surface area contributed by atoms with Crippen molar-refractivity contribution in [3.8, 4) is 11.5 Å². The van der Waals surface area contributed by atoms with Crippen molar-refractivity contribution in [3.63, 3.8) is 0 Å². The first-order valence-electron chi connectivity index (χ1n) is 11.3. The van der Waals surface area contributed by atoms with Gasteiger partial charge in [0.2, 0.25) is 0 Å². The Kier molecular flexibility index (Phi) is 6.14. The van der Waals surface area contributed by atoms with Crippen molar-refractivity contribution < 1.29 is 9.84 Å². The van der Waals surface area contributed by atoms with Crippen LogP contribution in [0, 0.1) is 0 Å². The molecule has 0 atom stereocenters. The molecule has 5 rings (SSSR count). The van der Waals surface area contributed by atoms with Gasteiger partial charge < -0.3 is 19.6 Å². The van der Waals surface area contributed by atoms with Gasteiger partial charge in [-0.3, -0.25) is 4.90 Å². The SMILES string of the molecule is CCOc1ccccc1N1CCN(CCCN2c3ccccc3Sc3cccc(O)c32)C1. The van der Waals surface area contributed by atoms with Gasteiger partial charge in [0, 0.05) is 36.0 Å². The van der Waals surface area contributed by atoms with E-state index >= 15 is 0 Å². The smallest absolute Gasteiger partial charge is 0.142 e. The Hall–Kier alpha value is -2.83. The van der Waals surface area contributed by atoms with E-state index in [1.54, 1.807) is 17.8 Å². The number of hydrogen-bond donors (Lipinski definition) is 1. The molecular weight excluding hydrogens is 418 g/mol. The van der Waals surface area contributed by atoms with Crippen LogP contribution in [0.2, 0.25) is 0 Å². The molecule has 0 saturated carbocycles. The molecule has 1 N–H and O–H groups in total. The molecule has 0 radical (unpaired) electrons. The van der Waals surface area contributed by atoms with E-state index in [1.165, 1.54) is 16.3 Å². The zero-order chi connectivity index (χ0) is 21.9. The summed E-state index contributed by atoms with van der Waals surface area (Å²) in [6, 6.07) is 22.6. The number of ether oxygens (including phenoxy) is 1. The molecule has 0 aromatic heterocycles. The van der Waals surface area contributed by atoms with Crippen LogP contribution in [0.5, 0.6) is 11.5 Å². The highest BCUT2D eigenvalue weighted by atomic mass is 32.2. The second-order valence-corrected chi connectivity index (χ2v) is 9.21. The van der Waals surface area contributed by atoms with Crippen LogP contribution in [0.4, 0.5) is 17.1 Å². The number of para-hydroxylation sites is 4. The van der Waals surface area contributed by atoms with Crippen LogP contribution in [-0.4, -0.2) is 49.5 Å². The number of benzene rings is 3. The summed E-state index contributed by atoms with van der Waals surface area (Å²) in [5.41, 5.74) is 3.29. The molecule has 3 aromatic carbocycles. The van der Waals surface area contributed by atoms with Crippen molar-refractivity contribution in [1.29, 1.82) is 0 Å². The van der Waals surface area contributed by atoms with Gasteiger partial charge >= 0.3 is 0 Å². The third kappa shape index (κ3) is 4.12. The fourth-order valence-electron chi connectivity index (χ4n) is 4.57. The number of nitrogens with zero attached hydrogens (tertiary/aromatic N) is 3. The first-order valence-corrected chi connectivity index (χ1v) is 12.1. The molecule has 3 aromatic rings. The van der Waals surface area contributed by atoms with Crippen molar-refractivity contribution in [1.82, 2.24) is 4.90 Å². The van der Waals surface area contributed by atoms with Gasteiger partial charge in [0.25, 0.3) is 0 Å². The number of anilines is 3. The van der Waals surface area contributed by atoms with Crippen LogP contribution in [0.3, 0.4) is 0 Å². The maximum absolute atomic E-state index is 10.6. The van der Waals surface area contributed by atoms with Crippen LogP contribution in [-0.2, 0) is 0 Å². The van der Waals surface area contributed by atoms with Gasteiger partial charge in [-0.2, -0.15) is 0 Å². The molecule has 2 aliphatic heterocycles. The largest absolute Gasteiger partial charge is 0.506 e. The molecule has 0 spiro atoms. The van der Waals surface area contributed by atoms with E-state index in [2.05, 4.69) is 63.2 Å². The van der Waals surface area contributed by atoms with E-state index in [4.69, 9.17) is 4.74 Å². The van der Waals surface area contributed by atoms with Crippen LogP contribution in [0.25, 0.3) is 0 Å². The van der Waals surface area contributed by atoms with Crippen molar-refractivity contribution in [3.05, 3.63) is 66.7 Å². The van der Waals surface area contributed by atoms with E-state index in [0.29, 0.717) is 12.4 Å². The molecular formula is C26H29N3O2S. The average Bonchev–Trinajstić information content (AvgIpc) is 3.28. The van der Waals surface area contributed by atoms with Crippen molar-refractivity contribution in [2.24, 2.45) is 0 Å². The van der Waals surface area contributed by atoms with Gasteiger partial charge in [-0.1, -0.05) is 42.1 Å². The second-order valence-electron chi connectivity index (χ2n) is 8.12. The lowest BCUT2D eigenvalue weighted by Crippen LogP contribution is -2.29. The minimum absolute atomic E-state index is 0.351. The topological polar surface area (TPSA) is 39.2 Å². The zero-order valence-corrected chi connectivity index (χ0v) is 19.2. The first-order chi connectivity index (χ1) is 15.7. The molecule has 0 bridgehead atoms. The third-order valence-electron chi connectivity index (χ3n) is 6.04. The standard InChI is InChI=1S/C26H29N3O2S/c1-2-31-23-12-5-3-9-20(23)28-18-17-27(19-28)15-8-16-29-21-10-4-6-13-24(21)32-25-14-7-11-22(30)26(25)29/h3-7,9-14,30H,2,8,15-19H2,1H3. The highest BCUT2D eigenvalue weighted by Crippen LogP contribution is 2.51. The molecule has 32 heavy (non-hydrogen) atoms. The maximum atomic E-state index is 10.6. The number of aromatic hydroxyl groups is 1. The molecule has 0 unspecified atom stereocenters. The number of fused-ring (bicyclic) bond motifs is 2. The zero-order valence-electron chi connectivity index (χ0n) is 18.4. The molecule has 2 aliphatic rings. The van der Waals surface area contributed by atoms with E-state index in [0.717, 1.165) is 55.6 Å². The summed E-state index contributed by atoms with van der Waals surface area (Å²) in [5, 5.41) is 10.6. The Morgan fingerprint density at radius 2 is 1.66 bits per heavy atom. The van der Waals surface area contributed by atoms with E-state index < -0.39 is 0 Å². The lowest BCUT2D eigenvalue weighted by molar-refractivity contribution is 0.332. The third-order valence-corrected chi connectivity index (χ3v) is 7.16. The second kappa shape index (κ2) is 9.35. The van der Waals surface area contributed by atoms with Gasteiger partial charge in [0.15, 0.2) is 0 Å². The Labute approximate surface area is 194 Å². The van der Waals surface area contributed by atoms with Crippen LogP contribution < -0.4 is 14.5 Å². The summed E-state index contributed by atoms with van der Waals surface area (Å²) in [5.74, 6) is 1.32. The Bertz CT molecular complexity index is 1090. The van der Waals surface area contributed by atoms with Crippen LogP contribution >= 0.6 is 11.8 Å². The summed E-state index contributed by atoms with van der Waals surface area (Å²) >= 11 is 1.73. The molecule has 1 fully saturated rings. The highest BCUT2D eigenvalue weighted by Gasteiger charge is 2.27. The summed E-state index contributed by atoms with van der Waals surface area (Å²) in [6.45, 7) is 7.57. The number of phenolic OH excluding ortho intramolecular Hbond substituents is 1. The monoisotopic (exact) mass is 447 g/mol. The first kappa shape index (κ1) is 21.0. The highest BCUT2D eigenvalue weighted by molar-refractivity contribution is 7.99. The Morgan fingerprint density at radius 1 is 0.875 bits per heavy atom. The van der Waals surface area contributed by atoms with Gasteiger partial charge in [0.05, 0.1) is 30.3 Å². The summed E-state index contributed by atoms with van der Waals surface area (Å²) in [6.07, 6.45) is 1.02. The molecule has 166 valence electrons. The predicted molar refractivity (Wildman–Crippen MR) is 132 cm³/mol. The van der Waals surface area contributed by atoms with E-state index in [1.807, 2.05) is 19.1 Å². The van der Waals surface area contributed by atoms with E-state index in [9.17, 15) is 5.11 Å². The minimum Gasteiger partial charge on any atom is -0.506 e. The summed E-state index contributed by atoms with van der Waals surface area (Å²) in [7, 11) is 0. The van der Waals surface area contributed by atoms with Crippen LogP contribution in [0.1, 0.15) is 13.3 Å². The maximum Gasteiger partial charge on any atom is 0.142 e. The van der Waals surface area contributed by atoms with Gasteiger partial charge in [-0.25, -0.2) is 0 Å². The normalized spacial score (nSPS) is 15.5. The Morgan fingerprint density at radius 3 is 2.53 bits per heavy atom. The fraction of sp³-hybridized carbons (Fsp3) is 0.308. The molecule has 1 saturated heterocycles. The average molecular weight is 448 g/mol. The number of phenols is 1. The lowest BCUT2D eigenvalue weighted by Gasteiger charge is -2.33.